The van der Waals surface area contributed by atoms with Gasteiger partial charge in [0.25, 0.3) is 0 Å². The fraction of sp³-hybridized carbons (Fsp3) is 0.524. The summed E-state index contributed by atoms with van der Waals surface area (Å²) >= 11 is 1.70. The SMILES string of the molecule is Cc1nc(CN2CCC(C(=O)N(C)Cc3ccc4c(c3)OCCO4)CC2)cs1. The summed E-state index contributed by atoms with van der Waals surface area (Å²) in [6.07, 6.45) is 1.82. The van der Waals surface area contributed by atoms with Gasteiger partial charge in [-0.3, -0.25) is 9.69 Å². The summed E-state index contributed by atoms with van der Waals surface area (Å²) in [5, 5.41) is 3.24. The van der Waals surface area contributed by atoms with E-state index in [1.165, 1.54) is 0 Å². The second-order valence-electron chi connectivity index (χ2n) is 7.58. The second kappa shape index (κ2) is 8.49. The fourth-order valence-corrected chi connectivity index (χ4v) is 4.50. The number of aryl methyl sites for hydroxylation is 1. The Balaban J connectivity index is 1.28. The Labute approximate surface area is 170 Å². The van der Waals surface area contributed by atoms with Gasteiger partial charge in [-0.25, -0.2) is 4.98 Å². The molecule has 0 N–H and O–H groups in total. The minimum absolute atomic E-state index is 0.107. The molecule has 7 heteroatoms. The summed E-state index contributed by atoms with van der Waals surface area (Å²) < 4.78 is 11.2. The Morgan fingerprint density at radius 1 is 1.25 bits per heavy atom. The zero-order valence-corrected chi connectivity index (χ0v) is 17.3. The molecule has 2 aromatic rings. The van der Waals surface area contributed by atoms with Crippen LogP contribution in [0.4, 0.5) is 0 Å². The number of piperidine rings is 1. The zero-order chi connectivity index (χ0) is 19.5. The number of rotatable bonds is 5. The minimum Gasteiger partial charge on any atom is -0.486 e. The third kappa shape index (κ3) is 4.47. The van der Waals surface area contributed by atoms with Gasteiger partial charge in [0.15, 0.2) is 11.5 Å². The molecule has 0 unspecified atom stereocenters. The molecule has 0 spiro atoms. The van der Waals surface area contributed by atoms with Gasteiger partial charge in [0, 0.05) is 31.4 Å². The van der Waals surface area contributed by atoms with Crippen LogP contribution in [0, 0.1) is 12.8 Å². The normalized spacial score (nSPS) is 17.5. The van der Waals surface area contributed by atoms with E-state index in [1.807, 2.05) is 37.1 Å². The molecular weight excluding hydrogens is 374 g/mol. The number of likely N-dealkylation sites (tertiary alicyclic amines) is 1. The van der Waals surface area contributed by atoms with E-state index in [9.17, 15) is 4.79 Å². The van der Waals surface area contributed by atoms with Crippen LogP contribution >= 0.6 is 11.3 Å². The van der Waals surface area contributed by atoms with Gasteiger partial charge in [0.1, 0.15) is 13.2 Å². The molecule has 150 valence electrons. The number of aromatic nitrogens is 1. The van der Waals surface area contributed by atoms with E-state index >= 15 is 0 Å². The van der Waals surface area contributed by atoms with Gasteiger partial charge in [-0.2, -0.15) is 0 Å². The highest BCUT2D eigenvalue weighted by Crippen LogP contribution is 2.31. The lowest BCUT2D eigenvalue weighted by Crippen LogP contribution is -2.40. The third-order valence-electron chi connectivity index (χ3n) is 5.39. The first-order chi connectivity index (χ1) is 13.6. The van der Waals surface area contributed by atoms with Crippen molar-refractivity contribution in [3.63, 3.8) is 0 Å². The van der Waals surface area contributed by atoms with Gasteiger partial charge in [-0.1, -0.05) is 6.07 Å². The van der Waals surface area contributed by atoms with Gasteiger partial charge >= 0.3 is 0 Å². The molecule has 2 aliphatic rings. The van der Waals surface area contributed by atoms with Gasteiger partial charge < -0.3 is 14.4 Å². The van der Waals surface area contributed by atoms with Crippen molar-refractivity contribution in [1.82, 2.24) is 14.8 Å². The topological polar surface area (TPSA) is 54.9 Å². The standard InChI is InChI=1S/C21H27N3O3S/c1-15-22-18(14-28-15)13-24-7-5-17(6-8-24)21(25)23(2)12-16-3-4-19-20(11-16)27-10-9-26-19/h3-4,11,14,17H,5-10,12-13H2,1-2H3. The van der Waals surface area contributed by atoms with Crippen molar-refractivity contribution in [2.24, 2.45) is 5.92 Å². The number of amides is 1. The summed E-state index contributed by atoms with van der Waals surface area (Å²) in [5.74, 6) is 1.90. The summed E-state index contributed by atoms with van der Waals surface area (Å²) in [7, 11) is 1.89. The van der Waals surface area contributed by atoms with Crippen LogP contribution in [0.2, 0.25) is 0 Å². The summed E-state index contributed by atoms with van der Waals surface area (Å²) in [5.41, 5.74) is 2.21. The predicted molar refractivity (Wildman–Crippen MR) is 109 cm³/mol. The maximum atomic E-state index is 12.9. The Morgan fingerprint density at radius 2 is 2.00 bits per heavy atom. The molecule has 3 heterocycles. The lowest BCUT2D eigenvalue weighted by molar-refractivity contribution is -0.136. The first-order valence-corrected chi connectivity index (χ1v) is 10.7. The van der Waals surface area contributed by atoms with Crippen LogP contribution in [0.15, 0.2) is 23.6 Å². The molecule has 0 atom stereocenters. The highest BCUT2D eigenvalue weighted by atomic mass is 32.1. The molecule has 1 aromatic carbocycles. The fourth-order valence-electron chi connectivity index (χ4n) is 3.90. The average molecular weight is 402 g/mol. The van der Waals surface area contributed by atoms with Crippen LogP contribution in [0.5, 0.6) is 11.5 Å². The van der Waals surface area contributed by atoms with Crippen LogP contribution in [-0.2, 0) is 17.9 Å². The molecule has 0 aliphatic carbocycles. The van der Waals surface area contributed by atoms with Crippen LogP contribution in [0.1, 0.15) is 29.1 Å². The summed E-state index contributed by atoms with van der Waals surface area (Å²) in [6, 6.07) is 5.92. The van der Waals surface area contributed by atoms with Crippen molar-refractivity contribution >= 4 is 17.2 Å². The largest absolute Gasteiger partial charge is 0.486 e. The number of carbonyl (C=O) groups is 1. The Bertz CT molecular complexity index is 830. The number of hydrogen-bond acceptors (Lipinski definition) is 6. The van der Waals surface area contributed by atoms with E-state index in [0.29, 0.717) is 19.8 Å². The molecule has 1 amide bonds. The third-order valence-corrected chi connectivity index (χ3v) is 6.21. The number of fused-ring (bicyclic) bond motifs is 1. The number of hydrogen-bond donors (Lipinski definition) is 0. The van der Waals surface area contributed by atoms with E-state index in [4.69, 9.17) is 9.47 Å². The molecule has 2 aliphatic heterocycles. The van der Waals surface area contributed by atoms with Gasteiger partial charge in [-0.05, 0) is 50.6 Å². The van der Waals surface area contributed by atoms with Gasteiger partial charge in [-0.15, -0.1) is 11.3 Å². The van der Waals surface area contributed by atoms with Crippen LogP contribution in [0.3, 0.4) is 0 Å². The molecule has 0 bridgehead atoms. The second-order valence-corrected chi connectivity index (χ2v) is 8.64. The highest BCUT2D eigenvalue weighted by Gasteiger charge is 2.27. The lowest BCUT2D eigenvalue weighted by Gasteiger charge is -2.33. The van der Waals surface area contributed by atoms with E-state index in [-0.39, 0.29) is 11.8 Å². The number of nitrogens with zero attached hydrogens (tertiary/aromatic N) is 3. The quantitative estimate of drug-likeness (QED) is 0.771. The van der Waals surface area contributed by atoms with Crippen molar-refractivity contribution in [3.05, 3.63) is 39.8 Å². The molecule has 1 aromatic heterocycles. The average Bonchev–Trinajstić information content (AvgIpc) is 3.12. The maximum absolute atomic E-state index is 12.9. The molecule has 4 rings (SSSR count). The van der Waals surface area contributed by atoms with E-state index in [2.05, 4.69) is 15.3 Å². The molecule has 28 heavy (non-hydrogen) atoms. The monoisotopic (exact) mass is 401 g/mol. The van der Waals surface area contributed by atoms with Crippen LogP contribution in [0.25, 0.3) is 0 Å². The van der Waals surface area contributed by atoms with Crippen molar-refractivity contribution in [3.8, 4) is 11.5 Å². The number of ether oxygens (including phenoxy) is 2. The molecule has 1 saturated heterocycles. The Hall–Kier alpha value is -2.12. The number of thiazole rings is 1. The van der Waals surface area contributed by atoms with Crippen molar-refractivity contribution in [2.75, 3.05) is 33.4 Å². The summed E-state index contributed by atoms with van der Waals surface area (Å²) in [4.78, 5) is 21.7. The van der Waals surface area contributed by atoms with E-state index < -0.39 is 0 Å². The van der Waals surface area contributed by atoms with Gasteiger partial charge in [0.05, 0.1) is 10.7 Å². The first-order valence-electron chi connectivity index (χ1n) is 9.85. The Morgan fingerprint density at radius 3 is 2.71 bits per heavy atom. The summed E-state index contributed by atoms with van der Waals surface area (Å²) in [6.45, 7) is 6.58. The van der Waals surface area contributed by atoms with E-state index in [0.717, 1.165) is 60.2 Å². The minimum atomic E-state index is 0.107. The highest BCUT2D eigenvalue weighted by molar-refractivity contribution is 7.09. The molecule has 1 fully saturated rings. The first kappa shape index (κ1) is 19.2. The van der Waals surface area contributed by atoms with Crippen molar-refractivity contribution in [2.45, 2.75) is 32.9 Å². The van der Waals surface area contributed by atoms with E-state index in [1.54, 1.807) is 11.3 Å². The molecule has 0 radical (unpaired) electrons. The lowest BCUT2D eigenvalue weighted by atomic mass is 9.95. The van der Waals surface area contributed by atoms with Crippen molar-refractivity contribution in [1.29, 1.82) is 0 Å². The molecule has 0 saturated carbocycles. The van der Waals surface area contributed by atoms with Crippen molar-refractivity contribution < 1.29 is 14.3 Å². The number of benzene rings is 1. The Kier molecular flexibility index (Phi) is 5.82. The molecule has 6 nitrogen and oxygen atoms in total. The predicted octanol–water partition coefficient (Wildman–Crippen LogP) is 3.09. The zero-order valence-electron chi connectivity index (χ0n) is 16.5. The van der Waals surface area contributed by atoms with Gasteiger partial charge in [0.2, 0.25) is 5.91 Å². The van der Waals surface area contributed by atoms with Crippen LogP contribution < -0.4 is 9.47 Å². The maximum Gasteiger partial charge on any atom is 0.225 e. The molecular formula is C21H27N3O3S. The smallest absolute Gasteiger partial charge is 0.225 e. The van der Waals surface area contributed by atoms with Crippen LogP contribution in [-0.4, -0.2) is 54.0 Å². The number of carbonyl (C=O) groups excluding carboxylic acids is 1.